The number of rotatable bonds is 11. The average Bonchev–Trinajstić information content (AvgIpc) is 3.69. The Bertz CT molecular complexity index is 1320. The molecule has 0 radical (unpaired) electrons. The van der Waals surface area contributed by atoms with Gasteiger partial charge in [0.15, 0.2) is 0 Å². The number of nitrogens with one attached hydrogen (secondary N) is 2. The Morgan fingerprint density at radius 2 is 1.67 bits per heavy atom. The van der Waals surface area contributed by atoms with Crippen LogP contribution in [0.15, 0.2) is 89.8 Å². The van der Waals surface area contributed by atoms with Crippen molar-refractivity contribution in [3.8, 4) is 11.1 Å². The van der Waals surface area contributed by atoms with E-state index in [0.717, 1.165) is 42.7 Å². The maximum atomic E-state index is 13.6. The second kappa shape index (κ2) is 13.1. The Hall–Kier alpha value is -2.69. The number of hydrogen-bond acceptors (Lipinski definition) is 6. The molecule has 2 aliphatic heterocycles. The lowest BCUT2D eigenvalue weighted by Crippen LogP contribution is -2.46. The fourth-order valence-electron chi connectivity index (χ4n) is 5.06. The number of carbonyl (C=O) groups excluding carboxylic acids is 1. The van der Waals surface area contributed by atoms with Crippen LogP contribution in [0.3, 0.4) is 0 Å². The zero-order chi connectivity index (χ0) is 27.1. The minimum atomic E-state index is -3.84. The average molecular weight is 566 g/mol. The summed E-state index contributed by atoms with van der Waals surface area (Å²) in [4.78, 5) is 13.7. The topological polar surface area (TPSA) is 87.7 Å². The van der Waals surface area contributed by atoms with Crippen molar-refractivity contribution in [3.05, 3.63) is 90.5 Å². The lowest BCUT2D eigenvalue weighted by atomic mass is 10.0. The van der Waals surface area contributed by atoms with Crippen molar-refractivity contribution in [2.45, 2.75) is 41.7 Å². The second-order valence-corrected chi connectivity index (χ2v) is 12.9. The molecule has 0 aliphatic carbocycles. The number of thioether (sulfide) groups is 1. The van der Waals surface area contributed by atoms with Crippen molar-refractivity contribution in [2.75, 3.05) is 32.0 Å². The SMILES string of the molecule is O=C(NC(CCNCC1CCCO1)c1ccccc1)C1SCCN1S(=O)(=O)c1ccc(-c2ccccc2)cc1. The second-order valence-electron chi connectivity index (χ2n) is 9.83. The number of ether oxygens (including phenoxy) is 1. The highest BCUT2D eigenvalue weighted by Crippen LogP contribution is 2.32. The summed E-state index contributed by atoms with van der Waals surface area (Å²) in [7, 11) is -3.84. The van der Waals surface area contributed by atoms with Gasteiger partial charge >= 0.3 is 0 Å². The molecule has 2 heterocycles. The Kier molecular flexibility index (Phi) is 9.36. The van der Waals surface area contributed by atoms with E-state index in [2.05, 4.69) is 10.6 Å². The summed E-state index contributed by atoms with van der Waals surface area (Å²) in [5.41, 5.74) is 2.96. The summed E-state index contributed by atoms with van der Waals surface area (Å²) in [6, 6.07) is 26.3. The molecular formula is C30H35N3O4S2. The molecule has 3 aromatic carbocycles. The van der Waals surface area contributed by atoms with Crippen LogP contribution in [-0.4, -0.2) is 62.1 Å². The molecule has 1 amide bonds. The highest BCUT2D eigenvalue weighted by Gasteiger charge is 2.40. The third-order valence-corrected chi connectivity index (χ3v) is 10.4. The monoisotopic (exact) mass is 565 g/mol. The lowest BCUT2D eigenvalue weighted by Gasteiger charge is -2.26. The maximum Gasteiger partial charge on any atom is 0.249 e. The Labute approximate surface area is 235 Å². The maximum absolute atomic E-state index is 13.6. The predicted molar refractivity (Wildman–Crippen MR) is 156 cm³/mol. The van der Waals surface area contributed by atoms with Crippen LogP contribution < -0.4 is 10.6 Å². The molecule has 9 heteroatoms. The van der Waals surface area contributed by atoms with Crippen molar-refractivity contribution in [3.63, 3.8) is 0 Å². The molecule has 2 aliphatic rings. The first kappa shape index (κ1) is 27.9. The smallest absolute Gasteiger partial charge is 0.249 e. The Morgan fingerprint density at radius 3 is 2.36 bits per heavy atom. The van der Waals surface area contributed by atoms with Gasteiger partial charge in [-0.15, -0.1) is 11.8 Å². The third kappa shape index (κ3) is 6.91. The molecule has 3 unspecified atom stereocenters. The zero-order valence-electron chi connectivity index (χ0n) is 21.9. The summed E-state index contributed by atoms with van der Waals surface area (Å²) in [6.45, 7) is 2.63. The minimum Gasteiger partial charge on any atom is -0.377 e. The first-order valence-electron chi connectivity index (χ1n) is 13.5. The minimum absolute atomic E-state index is 0.195. The van der Waals surface area contributed by atoms with Gasteiger partial charge in [-0.3, -0.25) is 4.79 Å². The van der Waals surface area contributed by atoms with Crippen LogP contribution in [0.25, 0.3) is 11.1 Å². The molecule has 39 heavy (non-hydrogen) atoms. The molecule has 2 N–H and O–H groups in total. The number of carbonyl (C=O) groups is 1. The summed E-state index contributed by atoms with van der Waals surface area (Å²) in [6.07, 6.45) is 3.12. The molecular weight excluding hydrogens is 530 g/mol. The molecule has 7 nitrogen and oxygen atoms in total. The van der Waals surface area contributed by atoms with E-state index < -0.39 is 15.4 Å². The van der Waals surface area contributed by atoms with Crippen LogP contribution in [0.4, 0.5) is 0 Å². The number of benzene rings is 3. The van der Waals surface area contributed by atoms with Gasteiger partial charge in [0.05, 0.1) is 17.0 Å². The lowest BCUT2D eigenvalue weighted by molar-refractivity contribution is -0.122. The molecule has 0 saturated carbocycles. The van der Waals surface area contributed by atoms with E-state index in [1.165, 1.54) is 16.1 Å². The molecule has 206 valence electrons. The number of sulfonamides is 1. The van der Waals surface area contributed by atoms with Gasteiger partial charge in [-0.05, 0) is 54.6 Å². The summed E-state index contributed by atoms with van der Waals surface area (Å²) in [5, 5.41) is 5.79. The Balaban J connectivity index is 1.26. The zero-order valence-corrected chi connectivity index (χ0v) is 23.5. The molecule has 3 aromatic rings. The van der Waals surface area contributed by atoms with Crippen molar-refractivity contribution in [1.29, 1.82) is 0 Å². The van der Waals surface area contributed by atoms with E-state index >= 15 is 0 Å². The fourth-order valence-corrected chi connectivity index (χ4v) is 8.14. The van der Waals surface area contributed by atoms with Crippen molar-refractivity contribution < 1.29 is 17.9 Å². The summed E-state index contributed by atoms with van der Waals surface area (Å²) >= 11 is 1.37. The van der Waals surface area contributed by atoms with E-state index in [1.807, 2.05) is 72.8 Å². The highest BCUT2D eigenvalue weighted by atomic mass is 32.2. The van der Waals surface area contributed by atoms with Gasteiger partial charge in [0.2, 0.25) is 15.9 Å². The highest BCUT2D eigenvalue weighted by molar-refractivity contribution is 8.02. The third-order valence-electron chi connectivity index (χ3n) is 7.17. The van der Waals surface area contributed by atoms with Crippen LogP contribution in [0, 0.1) is 0 Å². The van der Waals surface area contributed by atoms with Crippen molar-refractivity contribution in [1.82, 2.24) is 14.9 Å². The molecule has 0 aromatic heterocycles. The normalized spacial score (nSPS) is 20.6. The van der Waals surface area contributed by atoms with E-state index in [9.17, 15) is 13.2 Å². The molecule has 0 spiro atoms. The molecule has 2 fully saturated rings. The van der Waals surface area contributed by atoms with E-state index in [-0.39, 0.29) is 22.9 Å². The van der Waals surface area contributed by atoms with E-state index in [0.29, 0.717) is 25.3 Å². The van der Waals surface area contributed by atoms with Gasteiger partial charge < -0.3 is 15.4 Å². The van der Waals surface area contributed by atoms with Gasteiger partial charge in [0.1, 0.15) is 5.37 Å². The van der Waals surface area contributed by atoms with Gasteiger partial charge in [-0.1, -0.05) is 72.8 Å². The van der Waals surface area contributed by atoms with Gasteiger partial charge in [-0.2, -0.15) is 4.31 Å². The van der Waals surface area contributed by atoms with E-state index in [1.54, 1.807) is 12.1 Å². The predicted octanol–water partition coefficient (Wildman–Crippen LogP) is 4.43. The summed E-state index contributed by atoms with van der Waals surface area (Å²) < 4.78 is 34.2. The molecule has 2 saturated heterocycles. The largest absolute Gasteiger partial charge is 0.377 e. The number of nitrogens with zero attached hydrogens (tertiary/aromatic N) is 1. The fraction of sp³-hybridized carbons (Fsp3) is 0.367. The van der Waals surface area contributed by atoms with Crippen LogP contribution in [0.1, 0.15) is 30.9 Å². The first-order chi connectivity index (χ1) is 19.0. The van der Waals surface area contributed by atoms with E-state index in [4.69, 9.17) is 4.74 Å². The van der Waals surface area contributed by atoms with Gasteiger partial charge in [-0.25, -0.2) is 8.42 Å². The molecule has 0 bridgehead atoms. The van der Waals surface area contributed by atoms with Crippen LogP contribution >= 0.6 is 11.8 Å². The van der Waals surface area contributed by atoms with Crippen molar-refractivity contribution >= 4 is 27.7 Å². The summed E-state index contributed by atoms with van der Waals surface area (Å²) in [5.74, 6) is 0.285. The van der Waals surface area contributed by atoms with Crippen LogP contribution in [0.5, 0.6) is 0 Å². The number of amides is 1. The molecule has 3 atom stereocenters. The number of hydrogen-bond donors (Lipinski definition) is 2. The first-order valence-corrected chi connectivity index (χ1v) is 16.0. The standard InChI is InChI=1S/C30H35N3O4S2/c34-29(32-28(25-10-5-2-6-11-25)17-18-31-22-26-12-7-20-37-26)30-33(19-21-38-30)39(35,36)27-15-13-24(14-16-27)23-8-3-1-4-9-23/h1-6,8-11,13-16,26,28,30-31H,7,12,17-22H2,(H,32,34). The Morgan fingerprint density at radius 1 is 0.974 bits per heavy atom. The van der Waals surface area contributed by atoms with Crippen LogP contribution in [-0.2, 0) is 19.6 Å². The quantitative estimate of drug-likeness (QED) is 0.335. The molecule has 5 rings (SSSR count). The van der Waals surface area contributed by atoms with Crippen LogP contribution in [0.2, 0.25) is 0 Å². The van der Waals surface area contributed by atoms with Crippen molar-refractivity contribution in [2.24, 2.45) is 0 Å². The van der Waals surface area contributed by atoms with Gasteiger partial charge in [0, 0.05) is 25.4 Å². The van der Waals surface area contributed by atoms with Gasteiger partial charge in [0.25, 0.3) is 0 Å².